The number of rotatable bonds is 4. The van der Waals surface area contributed by atoms with Gasteiger partial charge in [0.2, 0.25) is 5.91 Å². The number of hydrogen-bond acceptors (Lipinski definition) is 3. The summed E-state index contributed by atoms with van der Waals surface area (Å²) in [5, 5.41) is 0. The number of aryl methyl sites for hydroxylation is 2. The highest BCUT2D eigenvalue weighted by atomic mass is 16.5. The minimum absolute atomic E-state index is 0.308. The molecule has 1 aromatic carbocycles. The normalized spacial score (nSPS) is 26.9. The smallest absolute Gasteiger partial charge is 0.226 e. The van der Waals surface area contributed by atoms with Gasteiger partial charge in [-0.25, -0.2) is 0 Å². The zero-order chi connectivity index (χ0) is 19.5. The number of fused-ring (bicyclic) bond motifs is 1. The fourth-order valence-corrected chi connectivity index (χ4v) is 5.35. The van der Waals surface area contributed by atoms with Gasteiger partial charge in [-0.2, -0.15) is 0 Å². The number of ether oxygens (including phenoxy) is 1. The molecule has 2 aliphatic heterocycles. The third-order valence-corrected chi connectivity index (χ3v) is 6.75. The number of nitrogens with zero attached hydrogens (tertiary/aromatic N) is 2. The molecular formula is C24H36N2O2. The second-order valence-corrected chi connectivity index (χ2v) is 9.29. The number of benzene rings is 1. The molecule has 4 nitrogen and oxygen atoms in total. The van der Waals surface area contributed by atoms with E-state index in [9.17, 15) is 4.79 Å². The fourth-order valence-electron chi connectivity index (χ4n) is 5.35. The van der Waals surface area contributed by atoms with Crippen LogP contribution in [0.15, 0.2) is 18.2 Å². The van der Waals surface area contributed by atoms with Crippen molar-refractivity contribution >= 4 is 5.91 Å². The van der Waals surface area contributed by atoms with E-state index in [-0.39, 0.29) is 0 Å². The Morgan fingerprint density at radius 3 is 2.43 bits per heavy atom. The van der Waals surface area contributed by atoms with Crippen molar-refractivity contribution in [1.82, 2.24) is 9.80 Å². The zero-order valence-electron chi connectivity index (χ0n) is 17.7. The van der Waals surface area contributed by atoms with Crippen molar-refractivity contribution < 1.29 is 9.53 Å². The summed E-state index contributed by atoms with van der Waals surface area (Å²) in [6.07, 6.45) is 8.49. The molecule has 0 aromatic heterocycles. The Bertz CT molecular complexity index is 671. The van der Waals surface area contributed by atoms with Gasteiger partial charge in [-0.05, 0) is 75.0 Å². The first-order chi connectivity index (χ1) is 13.6. The molecule has 0 N–H and O–H groups in total. The monoisotopic (exact) mass is 384 g/mol. The number of hydrogen-bond donors (Lipinski definition) is 0. The van der Waals surface area contributed by atoms with Crippen LogP contribution in [0.5, 0.6) is 0 Å². The molecule has 4 heteroatoms. The number of piperidine rings is 1. The van der Waals surface area contributed by atoms with Gasteiger partial charge in [0.25, 0.3) is 0 Å². The topological polar surface area (TPSA) is 32.8 Å². The SMILES string of the molecule is CC1CN(CC2CCN(C(=O)Cc3ccc4c(c3)CCCC4)CC2)CC(C)O1. The number of likely N-dealkylation sites (tertiary alicyclic amines) is 1. The summed E-state index contributed by atoms with van der Waals surface area (Å²) < 4.78 is 5.85. The summed E-state index contributed by atoms with van der Waals surface area (Å²) >= 11 is 0. The Morgan fingerprint density at radius 2 is 1.71 bits per heavy atom. The molecule has 0 radical (unpaired) electrons. The lowest BCUT2D eigenvalue weighted by molar-refractivity contribution is -0.132. The van der Waals surface area contributed by atoms with E-state index in [1.165, 1.54) is 42.4 Å². The molecule has 4 rings (SSSR count). The fraction of sp³-hybridized carbons (Fsp3) is 0.708. The van der Waals surface area contributed by atoms with Gasteiger partial charge in [-0.15, -0.1) is 0 Å². The van der Waals surface area contributed by atoms with E-state index < -0.39 is 0 Å². The lowest BCUT2D eigenvalue weighted by Crippen LogP contribution is -2.48. The lowest BCUT2D eigenvalue weighted by atomic mass is 9.89. The highest BCUT2D eigenvalue weighted by Crippen LogP contribution is 2.24. The molecular weight excluding hydrogens is 348 g/mol. The summed E-state index contributed by atoms with van der Waals surface area (Å²) in [5.41, 5.74) is 4.17. The van der Waals surface area contributed by atoms with Crippen LogP contribution >= 0.6 is 0 Å². The maximum Gasteiger partial charge on any atom is 0.226 e. The van der Waals surface area contributed by atoms with Crippen molar-refractivity contribution in [1.29, 1.82) is 0 Å². The van der Waals surface area contributed by atoms with Crippen molar-refractivity contribution in [2.45, 2.75) is 71.0 Å². The third-order valence-electron chi connectivity index (χ3n) is 6.75. The van der Waals surface area contributed by atoms with E-state index in [4.69, 9.17) is 4.74 Å². The summed E-state index contributed by atoms with van der Waals surface area (Å²) in [6.45, 7) is 9.43. The molecule has 0 spiro atoms. The lowest BCUT2D eigenvalue weighted by Gasteiger charge is -2.39. The molecule has 2 atom stereocenters. The van der Waals surface area contributed by atoms with Crippen LogP contribution in [0.3, 0.4) is 0 Å². The van der Waals surface area contributed by atoms with Crippen LogP contribution in [0, 0.1) is 5.92 Å². The molecule has 2 unspecified atom stereocenters. The molecule has 3 aliphatic rings. The van der Waals surface area contributed by atoms with Crippen LogP contribution < -0.4 is 0 Å². The van der Waals surface area contributed by atoms with Gasteiger partial charge in [-0.3, -0.25) is 9.69 Å². The van der Waals surface area contributed by atoms with E-state index in [0.29, 0.717) is 30.5 Å². The van der Waals surface area contributed by atoms with Gasteiger partial charge in [0, 0.05) is 32.7 Å². The molecule has 1 aromatic rings. The Kier molecular flexibility index (Phi) is 6.37. The Morgan fingerprint density at radius 1 is 1.04 bits per heavy atom. The van der Waals surface area contributed by atoms with Crippen LogP contribution in [0.2, 0.25) is 0 Å². The van der Waals surface area contributed by atoms with Gasteiger partial charge in [0.15, 0.2) is 0 Å². The molecule has 2 heterocycles. The quantitative estimate of drug-likeness (QED) is 0.797. The number of carbonyl (C=O) groups excluding carboxylic acids is 1. The van der Waals surface area contributed by atoms with E-state index >= 15 is 0 Å². The summed E-state index contributed by atoms with van der Waals surface area (Å²) in [4.78, 5) is 17.5. The van der Waals surface area contributed by atoms with Crippen LogP contribution in [0.1, 0.15) is 56.2 Å². The highest BCUT2D eigenvalue weighted by molar-refractivity contribution is 5.79. The first kappa shape index (κ1) is 19.9. The summed E-state index contributed by atoms with van der Waals surface area (Å²) in [5.74, 6) is 1.02. The van der Waals surface area contributed by atoms with Crippen LogP contribution in [0.25, 0.3) is 0 Å². The van der Waals surface area contributed by atoms with Crippen molar-refractivity contribution in [3.63, 3.8) is 0 Å². The molecule has 28 heavy (non-hydrogen) atoms. The average Bonchev–Trinajstić information content (AvgIpc) is 2.67. The third kappa shape index (κ3) is 4.96. The Labute approximate surface area is 170 Å². The molecule has 2 fully saturated rings. The van der Waals surface area contributed by atoms with E-state index in [1.807, 2.05) is 0 Å². The molecule has 1 aliphatic carbocycles. The Balaban J connectivity index is 1.25. The standard InChI is InChI=1S/C24H36N2O2/c1-18-15-25(16-19(2)28-18)17-20-9-11-26(12-10-20)24(27)14-21-7-8-22-5-3-4-6-23(22)13-21/h7-8,13,18-20H,3-6,9-12,14-17H2,1-2H3. The van der Waals surface area contributed by atoms with E-state index in [0.717, 1.165) is 45.6 Å². The van der Waals surface area contributed by atoms with Crippen molar-refractivity contribution in [2.24, 2.45) is 5.92 Å². The van der Waals surface area contributed by atoms with Crippen LogP contribution in [-0.4, -0.2) is 60.6 Å². The molecule has 0 saturated carbocycles. The maximum absolute atomic E-state index is 12.8. The summed E-state index contributed by atoms with van der Waals surface area (Å²) in [7, 11) is 0. The average molecular weight is 385 g/mol. The van der Waals surface area contributed by atoms with Crippen molar-refractivity contribution in [3.05, 3.63) is 34.9 Å². The first-order valence-electron chi connectivity index (χ1n) is 11.3. The predicted molar refractivity (Wildman–Crippen MR) is 113 cm³/mol. The van der Waals surface area contributed by atoms with Gasteiger partial charge >= 0.3 is 0 Å². The van der Waals surface area contributed by atoms with E-state index in [2.05, 4.69) is 41.8 Å². The van der Waals surface area contributed by atoms with Crippen molar-refractivity contribution in [3.8, 4) is 0 Å². The molecule has 1 amide bonds. The van der Waals surface area contributed by atoms with Gasteiger partial charge in [0.05, 0.1) is 18.6 Å². The van der Waals surface area contributed by atoms with E-state index in [1.54, 1.807) is 0 Å². The van der Waals surface area contributed by atoms with Crippen LogP contribution in [-0.2, 0) is 28.8 Å². The van der Waals surface area contributed by atoms with Gasteiger partial charge < -0.3 is 9.64 Å². The minimum Gasteiger partial charge on any atom is -0.373 e. The molecule has 154 valence electrons. The number of carbonyl (C=O) groups is 1. The first-order valence-corrected chi connectivity index (χ1v) is 11.3. The second kappa shape index (κ2) is 8.96. The zero-order valence-corrected chi connectivity index (χ0v) is 17.7. The minimum atomic E-state index is 0.308. The maximum atomic E-state index is 12.8. The molecule has 0 bridgehead atoms. The predicted octanol–water partition coefficient (Wildman–Crippen LogP) is 3.46. The highest BCUT2D eigenvalue weighted by Gasteiger charge is 2.28. The second-order valence-electron chi connectivity index (χ2n) is 9.29. The van der Waals surface area contributed by atoms with Gasteiger partial charge in [-0.1, -0.05) is 18.2 Å². The van der Waals surface area contributed by atoms with Crippen molar-refractivity contribution in [2.75, 3.05) is 32.7 Å². The Hall–Kier alpha value is -1.39. The number of morpholine rings is 1. The van der Waals surface area contributed by atoms with Crippen LogP contribution in [0.4, 0.5) is 0 Å². The van der Waals surface area contributed by atoms with Gasteiger partial charge in [0.1, 0.15) is 0 Å². The summed E-state index contributed by atoms with van der Waals surface area (Å²) in [6, 6.07) is 6.73. The largest absolute Gasteiger partial charge is 0.373 e. The molecule has 2 saturated heterocycles. The number of amides is 1.